The lowest BCUT2D eigenvalue weighted by Crippen LogP contribution is -2.36. The standard InChI is InChI=1S/C28H32N2O4S/c1-19(2)23-13-11-20(3)16-24(23)34-27(32)18-33-26(31)14-12-21-17-30(22-8-5-4-6-9-22)29-28(21)25-10-7-15-35-25/h4-10,12,14-15,17,19-20,23-24H,11,13,16,18H2,1-3H3. The summed E-state index contributed by atoms with van der Waals surface area (Å²) in [5.41, 5.74) is 2.48. The van der Waals surface area contributed by atoms with Crippen molar-refractivity contribution in [2.45, 2.75) is 46.1 Å². The third kappa shape index (κ3) is 6.48. The summed E-state index contributed by atoms with van der Waals surface area (Å²) in [7, 11) is 0. The molecule has 0 saturated heterocycles. The van der Waals surface area contributed by atoms with Crippen LogP contribution >= 0.6 is 11.3 Å². The summed E-state index contributed by atoms with van der Waals surface area (Å²) in [6, 6.07) is 13.7. The second-order valence-corrected chi connectivity index (χ2v) is 10.4. The molecular weight excluding hydrogens is 460 g/mol. The van der Waals surface area contributed by atoms with Crippen molar-refractivity contribution in [2.24, 2.45) is 17.8 Å². The van der Waals surface area contributed by atoms with Gasteiger partial charge in [-0.15, -0.1) is 11.3 Å². The van der Waals surface area contributed by atoms with E-state index in [1.165, 1.54) is 6.08 Å². The van der Waals surface area contributed by atoms with Gasteiger partial charge in [-0.1, -0.05) is 51.5 Å². The molecule has 1 aromatic carbocycles. The van der Waals surface area contributed by atoms with Gasteiger partial charge in [0.1, 0.15) is 11.8 Å². The first-order chi connectivity index (χ1) is 16.9. The van der Waals surface area contributed by atoms with E-state index in [1.807, 2.05) is 54.0 Å². The minimum absolute atomic E-state index is 0.113. The maximum absolute atomic E-state index is 12.4. The van der Waals surface area contributed by atoms with E-state index in [4.69, 9.17) is 14.6 Å². The molecule has 0 bridgehead atoms. The Bertz CT molecular complexity index is 1150. The summed E-state index contributed by atoms with van der Waals surface area (Å²) in [5, 5.41) is 6.70. The van der Waals surface area contributed by atoms with Gasteiger partial charge in [-0.25, -0.2) is 14.3 Å². The maximum atomic E-state index is 12.4. The third-order valence-corrected chi connectivity index (χ3v) is 7.37. The van der Waals surface area contributed by atoms with Crippen LogP contribution in [-0.2, 0) is 19.1 Å². The Labute approximate surface area is 210 Å². The van der Waals surface area contributed by atoms with E-state index in [-0.39, 0.29) is 12.7 Å². The summed E-state index contributed by atoms with van der Waals surface area (Å²) < 4.78 is 12.7. The maximum Gasteiger partial charge on any atom is 0.344 e. The fourth-order valence-corrected chi connectivity index (χ4v) is 5.35. The van der Waals surface area contributed by atoms with Crippen LogP contribution in [0.25, 0.3) is 22.3 Å². The van der Waals surface area contributed by atoms with Gasteiger partial charge in [0.05, 0.1) is 10.6 Å². The summed E-state index contributed by atoms with van der Waals surface area (Å²) in [5.74, 6) is 0.238. The van der Waals surface area contributed by atoms with E-state index < -0.39 is 11.9 Å². The normalized spacial score (nSPS) is 20.3. The number of thiophene rings is 1. The number of esters is 2. The number of hydrogen-bond acceptors (Lipinski definition) is 6. The Morgan fingerprint density at radius 3 is 2.69 bits per heavy atom. The number of para-hydroxylation sites is 1. The molecule has 1 aliphatic carbocycles. The van der Waals surface area contributed by atoms with Gasteiger partial charge in [0, 0.05) is 17.8 Å². The molecule has 3 aromatic rings. The topological polar surface area (TPSA) is 70.4 Å². The highest BCUT2D eigenvalue weighted by Gasteiger charge is 2.33. The monoisotopic (exact) mass is 492 g/mol. The van der Waals surface area contributed by atoms with Gasteiger partial charge in [-0.2, -0.15) is 5.10 Å². The molecule has 2 heterocycles. The number of rotatable bonds is 8. The predicted octanol–water partition coefficient (Wildman–Crippen LogP) is 6.16. The number of aromatic nitrogens is 2. The summed E-state index contributed by atoms with van der Waals surface area (Å²) in [6.45, 7) is 6.12. The molecule has 0 N–H and O–H groups in total. The van der Waals surface area contributed by atoms with Crippen molar-refractivity contribution in [1.82, 2.24) is 9.78 Å². The van der Waals surface area contributed by atoms with E-state index >= 15 is 0 Å². The molecule has 0 spiro atoms. The van der Waals surface area contributed by atoms with Crippen LogP contribution in [0.1, 0.15) is 45.6 Å². The van der Waals surface area contributed by atoms with Gasteiger partial charge in [-0.05, 0) is 60.3 Å². The SMILES string of the molecule is CC1CCC(C(C)C)C(OC(=O)COC(=O)C=Cc2cn(-c3ccccc3)nc2-c2cccs2)C1. The molecule has 4 rings (SSSR count). The lowest BCUT2D eigenvalue weighted by atomic mass is 9.75. The second kappa shape index (κ2) is 11.5. The van der Waals surface area contributed by atoms with Crippen LogP contribution in [0.2, 0.25) is 0 Å². The predicted molar refractivity (Wildman–Crippen MR) is 138 cm³/mol. The van der Waals surface area contributed by atoms with Gasteiger partial charge >= 0.3 is 11.9 Å². The highest BCUT2D eigenvalue weighted by molar-refractivity contribution is 7.13. The first kappa shape index (κ1) is 24.9. The zero-order valence-electron chi connectivity index (χ0n) is 20.4. The third-order valence-electron chi connectivity index (χ3n) is 6.49. The van der Waals surface area contributed by atoms with E-state index in [1.54, 1.807) is 22.1 Å². The van der Waals surface area contributed by atoms with Gasteiger partial charge in [0.2, 0.25) is 0 Å². The lowest BCUT2D eigenvalue weighted by molar-refractivity contribution is -0.165. The van der Waals surface area contributed by atoms with Crippen molar-refractivity contribution in [2.75, 3.05) is 6.61 Å². The molecule has 0 radical (unpaired) electrons. The highest BCUT2D eigenvalue weighted by atomic mass is 32.1. The number of carbonyl (C=O) groups is 2. The molecular formula is C28H32N2O4S. The fourth-order valence-electron chi connectivity index (χ4n) is 4.62. The summed E-state index contributed by atoms with van der Waals surface area (Å²) in [6.07, 6.45) is 7.84. The highest BCUT2D eigenvalue weighted by Crippen LogP contribution is 2.35. The number of hydrogen-bond donors (Lipinski definition) is 0. The minimum atomic E-state index is -0.594. The zero-order chi connectivity index (χ0) is 24.8. The van der Waals surface area contributed by atoms with Crippen molar-refractivity contribution in [3.63, 3.8) is 0 Å². The Morgan fingerprint density at radius 2 is 1.97 bits per heavy atom. The molecule has 184 valence electrons. The van der Waals surface area contributed by atoms with Crippen LogP contribution in [0.4, 0.5) is 0 Å². The number of carbonyl (C=O) groups excluding carboxylic acids is 2. The van der Waals surface area contributed by atoms with Crippen molar-refractivity contribution in [3.8, 4) is 16.3 Å². The molecule has 6 nitrogen and oxygen atoms in total. The first-order valence-electron chi connectivity index (χ1n) is 12.1. The summed E-state index contributed by atoms with van der Waals surface area (Å²) in [4.78, 5) is 25.8. The van der Waals surface area contributed by atoms with Gasteiger partial charge in [0.15, 0.2) is 6.61 Å². The average Bonchev–Trinajstić information content (AvgIpc) is 3.52. The minimum Gasteiger partial charge on any atom is -0.460 e. The van der Waals surface area contributed by atoms with Gasteiger partial charge < -0.3 is 9.47 Å². The van der Waals surface area contributed by atoms with E-state index in [0.29, 0.717) is 17.8 Å². The number of ether oxygens (including phenoxy) is 2. The van der Waals surface area contributed by atoms with Crippen molar-refractivity contribution in [1.29, 1.82) is 0 Å². The van der Waals surface area contributed by atoms with Crippen LogP contribution in [0.5, 0.6) is 0 Å². The molecule has 2 aromatic heterocycles. The van der Waals surface area contributed by atoms with Crippen molar-refractivity contribution >= 4 is 29.4 Å². The Hall–Kier alpha value is -3.19. The molecule has 0 aliphatic heterocycles. The molecule has 1 fully saturated rings. The molecule has 35 heavy (non-hydrogen) atoms. The van der Waals surface area contributed by atoms with Crippen LogP contribution in [0, 0.1) is 17.8 Å². The van der Waals surface area contributed by atoms with Crippen LogP contribution < -0.4 is 0 Å². The number of benzene rings is 1. The molecule has 1 saturated carbocycles. The van der Waals surface area contributed by atoms with Crippen molar-refractivity contribution < 1.29 is 19.1 Å². The first-order valence-corrected chi connectivity index (χ1v) is 13.0. The van der Waals surface area contributed by atoms with E-state index in [2.05, 4.69) is 20.8 Å². The van der Waals surface area contributed by atoms with E-state index in [9.17, 15) is 9.59 Å². The second-order valence-electron chi connectivity index (χ2n) is 9.49. The van der Waals surface area contributed by atoms with Crippen molar-refractivity contribution in [3.05, 3.63) is 65.7 Å². The number of nitrogens with zero attached hydrogens (tertiary/aromatic N) is 2. The van der Waals surface area contributed by atoms with Crippen LogP contribution in [0.15, 0.2) is 60.1 Å². The van der Waals surface area contributed by atoms with Gasteiger partial charge in [-0.3, -0.25) is 0 Å². The smallest absolute Gasteiger partial charge is 0.344 e. The molecule has 1 aliphatic rings. The Morgan fingerprint density at radius 1 is 1.17 bits per heavy atom. The summed E-state index contributed by atoms with van der Waals surface area (Å²) >= 11 is 1.58. The molecule has 0 amide bonds. The largest absolute Gasteiger partial charge is 0.460 e. The molecule has 3 unspecified atom stereocenters. The van der Waals surface area contributed by atoms with Gasteiger partial charge in [0.25, 0.3) is 0 Å². The Balaban J connectivity index is 1.39. The molecule has 7 heteroatoms. The van der Waals surface area contributed by atoms with E-state index in [0.717, 1.165) is 41.1 Å². The zero-order valence-corrected chi connectivity index (χ0v) is 21.2. The van der Waals surface area contributed by atoms with Crippen LogP contribution in [-0.4, -0.2) is 34.4 Å². The average molecular weight is 493 g/mol. The van der Waals surface area contributed by atoms with Crippen LogP contribution in [0.3, 0.4) is 0 Å². The molecule has 3 atom stereocenters. The fraction of sp³-hybridized carbons (Fsp3) is 0.393. The lowest BCUT2D eigenvalue weighted by Gasteiger charge is -2.36. The Kier molecular flexibility index (Phi) is 8.18. The quantitative estimate of drug-likeness (QED) is 0.278.